The highest BCUT2D eigenvalue weighted by Gasteiger charge is 2.13. The first kappa shape index (κ1) is 18.3. The maximum Gasteiger partial charge on any atom is 0.345 e. The number of aromatic nitrogens is 3. The molecule has 26 heavy (non-hydrogen) atoms. The Balaban J connectivity index is 1.64. The summed E-state index contributed by atoms with van der Waals surface area (Å²) in [5.41, 5.74) is 0.506. The molecule has 3 rings (SSSR count). The average Bonchev–Trinajstić information content (AvgIpc) is 3.25. The molecule has 0 amide bonds. The summed E-state index contributed by atoms with van der Waals surface area (Å²) in [5.74, 6) is 0.567. The highest BCUT2D eigenvalue weighted by Crippen LogP contribution is 2.20. The number of thiophene rings is 1. The van der Waals surface area contributed by atoms with Crippen LogP contribution in [0.3, 0.4) is 0 Å². The molecule has 2 aromatic heterocycles. The van der Waals surface area contributed by atoms with E-state index in [4.69, 9.17) is 0 Å². The number of benzene rings is 1. The van der Waals surface area contributed by atoms with Crippen molar-refractivity contribution in [2.24, 2.45) is 7.05 Å². The van der Waals surface area contributed by atoms with E-state index >= 15 is 0 Å². The molecule has 136 valence electrons. The van der Waals surface area contributed by atoms with Gasteiger partial charge in [0.25, 0.3) is 0 Å². The number of nitrogens with zero attached hydrogens (tertiary/aromatic N) is 3. The van der Waals surface area contributed by atoms with Gasteiger partial charge in [-0.1, -0.05) is 36.4 Å². The molecule has 0 radical (unpaired) electrons. The van der Waals surface area contributed by atoms with E-state index in [2.05, 4.69) is 9.82 Å². The summed E-state index contributed by atoms with van der Waals surface area (Å²) in [6.45, 7) is 0.221. The molecule has 0 unspecified atom stereocenters. The van der Waals surface area contributed by atoms with Gasteiger partial charge in [-0.2, -0.15) is 0 Å². The molecule has 0 saturated carbocycles. The van der Waals surface area contributed by atoms with Crippen LogP contribution in [-0.2, 0) is 23.6 Å². The van der Waals surface area contributed by atoms with Crippen molar-refractivity contribution in [3.05, 3.63) is 69.3 Å². The van der Waals surface area contributed by atoms with Gasteiger partial charge in [-0.3, -0.25) is 4.57 Å². The first-order valence-corrected chi connectivity index (χ1v) is 10.3. The van der Waals surface area contributed by atoms with Crippen LogP contribution >= 0.6 is 11.3 Å². The Morgan fingerprint density at radius 1 is 1.19 bits per heavy atom. The predicted octanol–water partition coefficient (Wildman–Crippen LogP) is 1.90. The van der Waals surface area contributed by atoms with E-state index in [1.165, 1.54) is 26.7 Å². The van der Waals surface area contributed by atoms with Gasteiger partial charge in [-0.25, -0.2) is 22.6 Å². The molecule has 7 nitrogen and oxygen atoms in total. The molecule has 3 aromatic rings. The zero-order chi connectivity index (χ0) is 18.6. The minimum absolute atomic E-state index is 0.0717. The first-order valence-electron chi connectivity index (χ1n) is 7.87. The molecule has 0 atom stereocenters. The van der Waals surface area contributed by atoms with Crippen LogP contribution in [0.2, 0.25) is 0 Å². The van der Waals surface area contributed by atoms with Crippen LogP contribution in [0.25, 0.3) is 16.8 Å². The van der Waals surface area contributed by atoms with Gasteiger partial charge in [0.15, 0.2) is 5.82 Å². The number of nitrogens with one attached hydrogen (secondary N) is 1. The largest absolute Gasteiger partial charge is 0.345 e. The van der Waals surface area contributed by atoms with E-state index in [1.807, 2.05) is 47.8 Å². The molecule has 0 aliphatic heterocycles. The number of rotatable bonds is 7. The molecule has 0 spiro atoms. The highest BCUT2D eigenvalue weighted by molar-refractivity contribution is 7.92. The van der Waals surface area contributed by atoms with Crippen molar-refractivity contribution in [1.82, 2.24) is 19.1 Å². The lowest BCUT2D eigenvalue weighted by Crippen LogP contribution is -2.30. The molecular formula is C17H18N4O3S2. The molecule has 9 heteroatoms. The maximum absolute atomic E-state index is 12.2. The Morgan fingerprint density at radius 3 is 2.65 bits per heavy atom. The van der Waals surface area contributed by atoms with Gasteiger partial charge in [0.1, 0.15) is 0 Å². The summed E-state index contributed by atoms with van der Waals surface area (Å²) in [7, 11) is -1.94. The van der Waals surface area contributed by atoms with E-state index in [9.17, 15) is 13.2 Å². The summed E-state index contributed by atoms with van der Waals surface area (Å²) >= 11 is 1.49. The number of hydrogen-bond donors (Lipinski definition) is 1. The number of hydrogen-bond acceptors (Lipinski definition) is 5. The molecule has 0 saturated heterocycles. The van der Waals surface area contributed by atoms with Crippen molar-refractivity contribution in [1.29, 1.82) is 0 Å². The third kappa shape index (κ3) is 4.37. The minimum Gasteiger partial charge on any atom is -0.277 e. The van der Waals surface area contributed by atoms with Crippen molar-refractivity contribution in [3.8, 4) is 10.7 Å². The molecule has 1 aromatic carbocycles. The van der Waals surface area contributed by atoms with E-state index in [1.54, 1.807) is 7.05 Å². The van der Waals surface area contributed by atoms with Crippen molar-refractivity contribution < 1.29 is 8.42 Å². The molecule has 0 bridgehead atoms. The molecular weight excluding hydrogens is 372 g/mol. The summed E-state index contributed by atoms with van der Waals surface area (Å²) < 4.78 is 29.2. The molecule has 0 fully saturated rings. The van der Waals surface area contributed by atoms with E-state index in [0.717, 1.165) is 15.8 Å². The van der Waals surface area contributed by atoms with Crippen molar-refractivity contribution in [2.45, 2.75) is 6.54 Å². The molecule has 0 aliphatic rings. The Morgan fingerprint density at radius 2 is 1.96 bits per heavy atom. The standard InChI is InChI=1S/C17H18N4O3S2/c1-20-16(15-8-5-12-25-15)19-21(17(20)22)11-10-18-26(23,24)13-9-14-6-3-2-4-7-14/h2-9,12-13,18H,10-11H2,1H3/b13-9+. The second-order valence-electron chi connectivity index (χ2n) is 5.52. The maximum atomic E-state index is 12.2. The smallest absolute Gasteiger partial charge is 0.277 e. The SMILES string of the molecule is Cn1c(-c2cccs2)nn(CCNS(=O)(=O)/C=C/c2ccccc2)c1=O. The van der Waals surface area contributed by atoms with Crippen LogP contribution in [-0.4, -0.2) is 29.3 Å². The third-order valence-corrected chi connectivity index (χ3v) is 5.62. The normalized spacial score (nSPS) is 12.0. The van der Waals surface area contributed by atoms with Gasteiger partial charge in [0, 0.05) is 19.0 Å². The Kier molecular flexibility index (Phi) is 5.50. The second-order valence-corrected chi connectivity index (χ2v) is 8.12. The lowest BCUT2D eigenvalue weighted by atomic mass is 10.2. The topological polar surface area (TPSA) is 86.0 Å². The summed E-state index contributed by atoms with van der Waals surface area (Å²) in [4.78, 5) is 13.1. The zero-order valence-electron chi connectivity index (χ0n) is 14.1. The Bertz CT molecular complexity index is 1050. The van der Waals surface area contributed by atoms with Crippen LogP contribution in [0.5, 0.6) is 0 Å². The Hall–Kier alpha value is -2.49. The zero-order valence-corrected chi connectivity index (χ0v) is 15.7. The Labute approximate surface area is 155 Å². The van der Waals surface area contributed by atoms with Crippen LogP contribution in [0.1, 0.15) is 5.56 Å². The monoisotopic (exact) mass is 390 g/mol. The first-order chi connectivity index (χ1) is 12.5. The van der Waals surface area contributed by atoms with E-state index in [0.29, 0.717) is 5.82 Å². The van der Waals surface area contributed by atoms with Gasteiger partial charge >= 0.3 is 5.69 Å². The fourth-order valence-corrected chi connectivity index (χ4v) is 3.88. The van der Waals surface area contributed by atoms with Gasteiger partial charge in [0.05, 0.1) is 11.4 Å². The van der Waals surface area contributed by atoms with Crippen molar-refractivity contribution in [3.63, 3.8) is 0 Å². The molecule has 0 aliphatic carbocycles. The van der Waals surface area contributed by atoms with Gasteiger partial charge < -0.3 is 0 Å². The van der Waals surface area contributed by atoms with E-state index < -0.39 is 10.0 Å². The van der Waals surface area contributed by atoms with E-state index in [-0.39, 0.29) is 18.8 Å². The summed E-state index contributed by atoms with van der Waals surface area (Å²) in [6, 6.07) is 12.9. The van der Waals surface area contributed by atoms with Crippen molar-refractivity contribution >= 4 is 27.4 Å². The van der Waals surface area contributed by atoms with Crippen LogP contribution in [0, 0.1) is 0 Å². The van der Waals surface area contributed by atoms with Crippen LogP contribution < -0.4 is 10.4 Å². The van der Waals surface area contributed by atoms with Crippen LogP contribution in [0.15, 0.2) is 58.0 Å². The quantitative estimate of drug-likeness (QED) is 0.668. The van der Waals surface area contributed by atoms with Gasteiger partial charge in [0.2, 0.25) is 10.0 Å². The van der Waals surface area contributed by atoms with Gasteiger partial charge in [-0.15, -0.1) is 16.4 Å². The summed E-state index contributed by atoms with van der Waals surface area (Å²) in [6.07, 6.45) is 1.52. The fourth-order valence-electron chi connectivity index (χ4n) is 2.33. The third-order valence-electron chi connectivity index (χ3n) is 3.65. The fraction of sp³-hybridized carbons (Fsp3) is 0.176. The summed E-state index contributed by atoms with van der Waals surface area (Å²) in [5, 5.41) is 7.31. The second kappa shape index (κ2) is 7.81. The lowest BCUT2D eigenvalue weighted by molar-refractivity contribution is 0.556. The van der Waals surface area contributed by atoms with Crippen molar-refractivity contribution in [2.75, 3.05) is 6.54 Å². The molecule has 1 N–H and O–H groups in total. The highest BCUT2D eigenvalue weighted by atomic mass is 32.2. The average molecular weight is 390 g/mol. The lowest BCUT2D eigenvalue weighted by Gasteiger charge is -2.02. The van der Waals surface area contributed by atoms with Crippen LogP contribution in [0.4, 0.5) is 0 Å². The number of sulfonamides is 1. The predicted molar refractivity (Wildman–Crippen MR) is 103 cm³/mol. The molecule has 2 heterocycles. The van der Waals surface area contributed by atoms with Gasteiger partial charge in [-0.05, 0) is 23.1 Å². The minimum atomic E-state index is -3.59.